The number of esters is 1. The molecule has 0 radical (unpaired) electrons. The molecule has 0 heterocycles. The van der Waals surface area contributed by atoms with Crippen molar-refractivity contribution in [2.75, 3.05) is 6.61 Å². The Labute approximate surface area is 154 Å². The molecule has 1 amide bonds. The molecular formula is C15H14Cl3N3O3. The van der Waals surface area contributed by atoms with Crippen LogP contribution < -0.4 is 5.32 Å². The van der Waals surface area contributed by atoms with Gasteiger partial charge >= 0.3 is 11.7 Å². The molecule has 0 aliphatic heterocycles. The third kappa shape index (κ3) is 6.34. The number of benzene rings is 1. The lowest BCUT2D eigenvalue weighted by Crippen LogP contribution is -2.47. The van der Waals surface area contributed by atoms with E-state index in [-0.39, 0.29) is 6.61 Å². The van der Waals surface area contributed by atoms with Crippen molar-refractivity contribution in [3.8, 4) is 0 Å². The third-order valence-corrected chi connectivity index (χ3v) is 3.23. The number of hydrogen-bond donors (Lipinski definition) is 1. The summed E-state index contributed by atoms with van der Waals surface area (Å²) < 4.78 is 2.54. The van der Waals surface area contributed by atoms with E-state index in [2.05, 4.69) is 10.1 Å². The molecular weight excluding hydrogens is 377 g/mol. The number of carbonyl (C=O) groups excluding carboxylic acids is 2. The Morgan fingerprint density at radius 2 is 1.96 bits per heavy atom. The maximum atomic E-state index is 11.9. The van der Waals surface area contributed by atoms with Crippen molar-refractivity contribution < 1.29 is 19.1 Å². The molecule has 0 spiro atoms. The molecule has 128 valence electrons. The van der Waals surface area contributed by atoms with E-state index in [1.165, 1.54) is 6.08 Å². The average molecular weight is 391 g/mol. The fourth-order valence-electron chi connectivity index (χ4n) is 1.64. The zero-order valence-corrected chi connectivity index (χ0v) is 14.8. The van der Waals surface area contributed by atoms with Gasteiger partial charge in [-0.15, -0.1) is 0 Å². The molecule has 0 bridgehead atoms. The van der Waals surface area contributed by atoms with Crippen LogP contribution in [0.25, 0.3) is 11.6 Å². The summed E-state index contributed by atoms with van der Waals surface area (Å²) in [4.78, 5) is 26.6. The topological polar surface area (TPSA) is 91.8 Å². The molecule has 6 nitrogen and oxygen atoms in total. The number of nitrogens with zero attached hydrogens (tertiary/aromatic N) is 2. The summed E-state index contributed by atoms with van der Waals surface area (Å²) in [7, 11) is 0. The van der Waals surface area contributed by atoms with Crippen LogP contribution in [0.4, 0.5) is 0 Å². The van der Waals surface area contributed by atoms with Gasteiger partial charge in [0.25, 0.3) is 9.70 Å². The summed E-state index contributed by atoms with van der Waals surface area (Å²) in [6.45, 7) is 1.65. The van der Waals surface area contributed by atoms with Crippen LogP contribution in [0.15, 0.2) is 36.4 Å². The molecule has 24 heavy (non-hydrogen) atoms. The molecule has 1 atom stereocenters. The number of nitrogens with one attached hydrogen (secondary N) is 1. The minimum Gasteiger partial charge on any atom is -0.457 e. The number of hydrogen-bond acceptors (Lipinski definition) is 3. The van der Waals surface area contributed by atoms with Gasteiger partial charge in [-0.05, 0) is 18.6 Å². The highest BCUT2D eigenvalue weighted by Crippen LogP contribution is 2.26. The van der Waals surface area contributed by atoms with Crippen LogP contribution in [0.2, 0.25) is 0 Å². The monoisotopic (exact) mass is 389 g/mol. The average Bonchev–Trinajstić information content (AvgIpc) is 2.53. The van der Waals surface area contributed by atoms with Gasteiger partial charge in [-0.1, -0.05) is 71.2 Å². The van der Waals surface area contributed by atoms with Gasteiger partial charge < -0.3 is 15.6 Å². The van der Waals surface area contributed by atoms with E-state index in [0.29, 0.717) is 0 Å². The quantitative estimate of drug-likeness (QED) is 0.266. The number of rotatable bonds is 6. The van der Waals surface area contributed by atoms with Crippen molar-refractivity contribution in [2.24, 2.45) is 0 Å². The first-order valence-corrected chi connectivity index (χ1v) is 7.93. The number of carbonyl (C=O) groups is 2. The second kappa shape index (κ2) is 9.45. The van der Waals surface area contributed by atoms with Crippen molar-refractivity contribution in [1.29, 1.82) is 0 Å². The Bertz CT molecular complexity index is 666. The van der Waals surface area contributed by atoms with Crippen molar-refractivity contribution in [3.63, 3.8) is 0 Å². The minimum absolute atomic E-state index is 0.0609. The molecule has 0 aliphatic rings. The van der Waals surface area contributed by atoms with Crippen LogP contribution in [0.1, 0.15) is 12.5 Å². The Hall–Kier alpha value is -1.85. The van der Waals surface area contributed by atoms with Crippen LogP contribution in [0, 0.1) is 0 Å². The van der Waals surface area contributed by atoms with Gasteiger partial charge in [0, 0.05) is 0 Å². The SMILES string of the molecule is CCOC(=O)C(=[N+]=[N-])C(/C=C/c1ccccc1)NC(=O)C(Cl)(Cl)Cl. The molecule has 0 fully saturated rings. The second-order valence-electron chi connectivity index (χ2n) is 4.42. The number of ether oxygens (including phenoxy) is 1. The van der Waals surface area contributed by atoms with Crippen LogP contribution in [-0.2, 0) is 14.3 Å². The first-order chi connectivity index (χ1) is 11.3. The van der Waals surface area contributed by atoms with Crippen molar-refractivity contribution in [1.82, 2.24) is 5.32 Å². The number of alkyl halides is 3. The summed E-state index contributed by atoms with van der Waals surface area (Å²) in [5.74, 6) is -1.90. The molecule has 0 aliphatic carbocycles. The Kier molecular flexibility index (Phi) is 7.95. The van der Waals surface area contributed by atoms with E-state index < -0.39 is 27.4 Å². The van der Waals surface area contributed by atoms with Gasteiger partial charge in [0.1, 0.15) is 0 Å². The molecule has 1 N–H and O–H groups in total. The number of halogens is 3. The Morgan fingerprint density at radius 3 is 2.46 bits per heavy atom. The van der Waals surface area contributed by atoms with Crippen LogP contribution in [0.3, 0.4) is 0 Å². The van der Waals surface area contributed by atoms with Gasteiger partial charge in [0.05, 0.1) is 6.61 Å². The smallest absolute Gasteiger partial charge is 0.419 e. The standard InChI is InChI=1S/C15H14Cl3N3O3/c1-2-24-13(22)12(21-19)11(20-14(23)15(16,17)18)9-8-10-6-4-3-5-7-10/h3-9,11H,2H2,1H3,(H,20,23)/b9-8+. The van der Waals surface area contributed by atoms with E-state index in [4.69, 9.17) is 45.1 Å². The fraction of sp³-hybridized carbons (Fsp3) is 0.267. The first-order valence-electron chi connectivity index (χ1n) is 6.79. The van der Waals surface area contributed by atoms with E-state index in [9.17, 15) is 9.59 Å². The lowest BCUT2D eigenvalue weighted by Gasteiger charge is -2.15. The molecule has 0 saturated heterocycles. The van der Waals surface area contributed by atoms with E-state index in [0.717, 1.165) is 5.56 Å². The maximum absolute atomic E-state index is 11.9. The van der Waals surface area contributed by atoms with Crippen LogP contribution in [-0.4, -0.2) is 38.8 Å². The van der Waals surface area contributed by atoms with Gasteiger partial charge in [-0.2, -0.15) is 4.79 Å². The minimum atomic E-state index is -2.24. The molecule has 0 saturated carbocycles. The zero-order valence-electron chi connectivity index (χ0n) is 12.6. The Morgan fingerprint density at radius 1 is 1.33 bits per heavy atom. The maximum Gasteiger partial charge on any atom is 0.419 e. The lowest BCUT2D eigenvalue weighted by molar-refractivity contribution is -0.140. The summed E-state index contributed by atoms with van der Waals surface area (Å²) in [5, 5.41) is 2.30. The molecule has 1 unspecified atom stereocenters. The molecule has 1 rings (SSSR count). The summed E-state index contributed by atoms with van der Waals surface area (Å²) >= 11 is 16.5. The van der Waals surface area contributed by atoms with Crippen LogP contribution >= 0.6 is 34.8 Å². The van der Waals surface area contributed by atoms with Gasteiger partial charge in [-0.3, -0.25) is 4.79 Å². The normalized spacial score (nSPS) is 12.3. The van der Waals surface area contributed by atoms with E-state index in [1.54, 1.807) is 37.3 Å². The lowest BCUT2D eigenvalue weighted by atomic mass is 10.1. The molecule has 1 aromatic carbocycles. The van der Waals surface area contributed by atoms with Gasteiger partial charge in [-0.25, -0.2) is 4.79 Å². The molecule has 1 aromatic rings. The fourth-order valence-corrected chi connectivity index (χ4v) is 1.80. The summed E-state index contributed by atoms with van der Waals surface area (Å²) in [6.07, 6.45) is 3.02. The predicted octanol–water partition coefficient (Wildman–Crippen LogP) is 2.79. The highest BCUT2D eigenvalue weighted by molar-refractivity contribution is 6.76. The highest BCUT2D eigenvalue weighted by Gasteiger charge is 2.38. The van der Waals surface area contributed by atoms with Crippen molar-refractivity contribution >= 4 is 58.5 Å². The van der Waals surface area contributed by atoms with Crippen molar-refractivity contribution in [3.05, 3.63) is 47.5 Å². The predicted molar refractivity (Wildman–Crippen MR) is 93.0 cm³/mol. The first kappa shape index (κ1) is 20.2. The van der Waals surface area contributed by atoms with Gasteiger partial charge in [0.2, 0.25) is 0 Å². The largest absolute Gasteiger partial charge is 0.457 e. The summed E-state index contributed by atoms with van der Waals surface area (Å²) in [6, 6.07) is 7.88. The zero-order chi connectivity index (χ0) is 18.2. The highest BCUT2D eigenvalue weighted by atomic mass is 35.6. The van der Waals surface area contributed by atoms with Gasteiger partial charge in [0.15, 0.2) is 6.04 Å². The van der Waals surface area contributed by atoms with Crippen molar-refractivity contribution in [2.45, 2.75) is 16.8 Å². The molecule has 9 heteroatoms. The molecule has 0 aromatic heterocycles. The van der Waals surface area contributed by atoms with E-state index >= 15 is 0 Å². The third-order valence-electron chi connectivity index (χ3n) is 2.71. The second-order valence-corrected chi connectivity index (χ2v) is 6.71. The number of amides is 1. The van der Waals surface area contributed by atoms with Crippen LogP contribution in [0.5, 0.6) is 0 Å². The van der Waals surface area contributed by atoms with E-state index in [1.807, 2.05) is 6.07 Å². The Balaban J connectivity index is 3.11. The summed E-state index contributed by atoms with van der Waals surface area (Å²) in [5.41, 5.74) is 9.44.